The molecule has 3 aliphatic rings. The van der Waals surface area contributed by atoms with E-state index in [1.165, 1.54) is 29.8 Å². The number of β-amino-alcohol motifs (C(OH)–C–C–N with tert-alkyl or cyclic N) is 1. The normalized spacial score (nSPS) is 21.5. The van der Waals surface area contributed by atoms with Crippen molar-refractivity contribution in [2.45, 2.75) is 56.5 Å². The largest absolute Gasteiger partial charge is 0.391 e. The van der Waals surface area contributed by atoms with Crippen molar-refractivity contribution in [2.75, 3.05) is 18.0 Å². The van der Waals surface area contributed by atoms with Crippen molar-refractivity contribution in [3.63, 3.8) is 0 Å². The van der Waals surface area contributed by atoms with Crippen molar-refractivity contribution in [2.24, 2.45) is 5.73 Å². The minimum atomic E-state index is -0.593. The third-order valence-electron chi connectivity index (χ3n) is 7.52. The van der Waals surface area contributed by atoms with Crippen molar-refractivity contribution in [1.82, 2.24) is 9.97 Å². The van der Waals surface area contributed by atoms with E-state index in [4.69, 9.17) is 10.7 Å². The van der Waals surface area contributed by atoms with Crippen LogP contribution < -0.4 is 10.6 Å². The fourth-order valence-electron chi connectivity index (χ4n) is 5.51. The Hall–Kier alpha value is -2.99. The van der Waals surface area contributed by atoms with Crippen LogP contribution in [-0.4, -0.2) is 40.2 Å². The van der Waals surface area contributed by atoms with Gasteiger partial charge in [0.25, 0.3) is 0 Å². The van der Waals surface area contributed by atoms with Crippen LogP contribution in [0.1, 0.15) is 49.1 Å². The summed E-state index contributed by atoms with van der Waals surface area (Å²) >= 11 is 0. The van der Waals surface area contributed by atoms with Gasteiger partial charge in [0.15, 0.2) is 0 Å². The molecule has 1 saturated heterocycles. The number of aliphatic hydroxyl groups excluding tert-OH is 1. The summed E-state index contributed by atoms with van der Waals surface area (Å²) in [5.74, 6) is -0.286. The lowest BCUT2D eigenvalue weighted by Gasteiger charge is -2.28. The highest BCUT2D eigenvalue weighted by molar-refractivity contribution is 5.97. The number of fused-ring (bicyclic) bond motifs is 2. The van der Waals surface area contributed by atoms with Gasteiger partial charge in [0.2, 0.25) is 5.91 Å². The number of amides is 1. The van der Waals surface area contributed by atoms with E-state index in [9.17, 15) is 9.90 Å². The molecule has 2 aromatic heterocycles. The summed E-state index contributed by atoms with van der Waals surface area (Å²) in [6, 6.07) is 10.4. The monoisotopic (exact) mass is 428 g/mol. The molecule has 0 unspecified atom stereocenters. The number of primary amides is 1. The van der Waals surface area contributed by atoms with Crippen LogP contribution >= 0.6 is 0 Å². The number of nitrogens with zero attached hydrogens (tertiary/aromatic N) is 3. The van der Waals surface area contributed by atoms with Gasteiger partial charge in [0, 0.05) is 30.4 Å². The number of pyridine rings is 2. The number of aryl methyl sites for hydroxylation is 1. The number of rotatable bonds is 4. The zero-order valence-electron chi connectivity index (χ0n) is 18.2. The number of aromatic nitrogens is 2. The quantitative estimate of drug-likeness (QED) is 0.665. The standard InChI is InChI=1S/C26H28N4O2/c27-25(32)26(9-10-26)23-14-17(7-11-28-23)16-5-6-22-20(13-16)24(30-12-8-18(31)15-30)19-3-1-2-4-21(19)29-22/h5-7,11,13-14,18,31H,1-4,8-10,12,15H2,(H2,27,32)/t18-/m1/s1. The predicted molar refractivity (Wildman–Crippen MR) is 125 cm³/mol. The number of hydrogen-bond donors (Lipinski definition) is 2. The third-order valence-corrected chi connectivity index (χ3v) is 7.52. The first kappa shape index (κ1) is 19.7. The minimum absolute atomic E-state index is 0.271. The first-order valence-corrected chi connectivity index (χ1v) is 11.7. The number of carbonyl (C=O) groups excluding carboxylic acids is 1. The number of benzene rings is 1. The molecule has 0 bridgehead atoms. The van der Waals surface area contributed by atoms with Crippen molar-refractivity contribution in [1.29, 1.82) is 0 Å². The Balaban J connectivity index is 1.50. The topological polar surface area (TPSA) is 92.3 Å². The Bertz CT molecular complexity index is 1230. The van der Waals surface area contributed by atoms with Crippen LogP contribution in [0.15, 0.2) is 36.5 Å². The van der Waals surface area contributed by atoms with E-state index in [0.29, 0.717) is 6.54 Å². The maximum absolute atomic E-state index is 12.0. The van der Waals surface area contributed by atoms with Gasteiger partial charge in [-0.15, -0.1) is 0 Å². The number of nitrogens with two attached hydrogens (primary N) is 1. The molecule has 164 valence electrons. The van der Waals surface area contributed by atoms with Crippen LogP contribution in [0.5, 0.6) is 0 Å². The molecule has 1 aliphatic heterocycles. The average molecular weight is 429 g/mol. The average Bonchev–Trinajstić information content (AvgIpc) is 3.53. The number of carbonyl (C=O) groups is 1. The van der Waals surface area contributed by atoms with Crippen LogP contribution in [0.2, 0.25) is 0 Å². The number of hydrogen-bond acceptors (Lipinski definition) is 5. The molecular formula is C26H28N4O2. The zero-order chi connectivity index (χ0) is 21.9. The molecule has 3 heterocycles. The second-order valence-corrected chi connectivity index (χ2v) is 9.59. The van der Waals surface area contributed by atoms with Crippen LogP contribution in [0, 0.1) is 0 Å². The maximum atomic E-state index is 12.0. The van der Waals surface area contributed by atoms with Crippen LogP contribution in [0.3, 0.4) is 0 Å². The summed E-state index contributed by atoms with van der Waals surface area (Å²) in [6.07, 6.45) is 8.31. The maximum Gasteiger partial charge on any atom is 0.229 e. The molecular weight excluding hydrogens is 400 g/mol. The summed E-state index contributed by atoms with van der Waals surface area (Å²) in [6.45, 7) is 1.55. The van der Waals surface area contributed by atoms with E-state index >= 15 is 0 Å². The fraction of sp³-hybridized carbons (Fsp3) is 0.423. The minimum Gasteiger partial charge on any atom is -0.391 e. The highest BCUT2D eigenvalue weighted by Gasteiger charge is 2.51. The Morgan fingerprint density at radius 1 is 1.12 bits per heavy atom. The molecule has 1 amide bonds. The molecule has 2 fully saturated rings. The van der Waals surface area contributed by atoms with Crippen molar-refractivity contribution in [3.05, 3.63) is 53.5 Å². The molecule has 6 rings (SSSR count). The van der Waals surface area contributed by atoms with E-state index in [-0.39, 0.29) is 12.0 Å². The Morgan fingerprint density at radius 3 is 2.69 bits per heavy atom. The van der Waals surface area contributed by atoms with E-state index in [2.05, 4.69) is 28.1 Å². The summed E-state index contributed by atoms with van der Waals surface area (Å²) in [4.78, 5) is 23.9. The lowest BCUT2D eigenvalue weighted by atomic mass is 9.91. The van der Waals surface area contributed by atoms with Gasteiger partial charge in [-0.1, -0.05) is 6.07 Å². The lowest BCUT2D eigenvalue weighted by molar-refractivity contribution is -0.120. The molecule has 6 heteroatoms. The van der Waals surface area contributed by atoms with E-state index in [0.717, 1.165) is 66.4 Å². The van der Waals surface area contributed by atoms with E-state index in [1.54, 1.807) is 6.20 Å². The van der Waals surface area contributed by atoms with Gasteiger partial charge < -0.3 is 15.7 Å². The van der Waals surface area contributed by atoms with E-state index in [1.807, 2.05) is 12.1 Å². The summed E-state index contributed by atoms with van der Waals surface area (Å²) in [7, 11) is 0. The molecule has 3 aromatic rings. The summed E-state index contributed by atoms with van der Waals surface area (Å²) < 4.78 is 0. The number of aliphatic hydroxyl groups is 1. The summed E-state index contributed by atoms with van der Waals surface area (Å²) in [5.41, 5.74) is 12.8. The van der Waals surface area contributed by atoms with Gasteiger partial charge in [-0.25, -0.2) is 0 Å². The van der Waals surface area contributed by atoms with Gasteiger partial charge in [0.05, 0.1) is 28.4 Å². The lowest BCUT2D eigenvalue weighted by Crippen LogP contribution is -2.29. The molecule has 0 radical (unpaired) electrons. The second-order valence-electron chi connectivity index (χ2n) is 9.59. The van der Waals surface area contributed by atoms with Gasteiger partial charge in [0.1, 0.15) is 0 Å². The molecule has 3 N–H and O–H groups in total. The molecule has 2 aliphatic carbocycles. The van der Waals surface area contributed by atoms with Crippen molar-refractivity contribution in [3.8, 4) is 11.1 Å². The Morgan fingerprint density at radius 2 is 1.94 bits per heavy atom. The van der Waals surface area contributed by atoms with Crippen LogP contribution in [0.4, 0.5) is 5.69 Å². The SMILES string of the molecule is NC(=O)C1(c2cc(-c3ccc4nc5c(c(N6CC[C@@H](O)C6)c4c3)CCCC5)ccn2)CC1. The highest BCUT2D eigenvalue weighted by Crippen LogP contribution is 2.48. The molecule has 1 aromatic carbocycles. The number of anilines is 1. The van der Waals surface area contributed by atoms with Gasteiger partial charge >= 0.3 is 0 Å². The molecule has 1 saturated carbocycles. The van der Waals surface area contributed by atoms with Crippen LogP contribution in [-0.2, 0) is 23.1 Å². The zero-order valence-corrected chi connectivity index (χ0v) is 18.2. The fourth-order valence-corrected chi connectivity index (χ4v) is 5.51. The second kappa shape index (κ2) is 7.27. The van der Waals surface area contributed by atoms with Gasteiger partial charge in [-0.05, 0) is 85.9 Å². The van der Waals surface area contributed by atoms with Gasteiger partial charge in [-0.3, -0.25) is 14.8 Å². The smallest absolute Gasteiger partial charge is 0.229 e. The third kappa shape index (κ3) is 3.08. The first-order valence-electron chi connectivity index (χ1n) is 11.7. The predicted octanol–water partition coefficient (Wildman–Crippen LogP) is 3.26. The highest BCUT2D eigenvalue weighted by atomic mass is 16.3. The van der Waals surface area contributed by atoms with E-state index < -0.39 is 5.41 Å². The Kier molecular flexibility index (Phi) is 4.47. The molecule has 32 heavy (non-hydrogen) atoms. The summed E-state index contributed by atoms with van der Waals surface area (Å²) in [5, 5.41) is 11.4. The Labute approximate surface area is 187 Å². The molecule has 1 atom stereocenters. The van der Waals surface area contributed by atoms with Gasteiger partial charge in [-0.2, -0.15) is 0 Å². The first-order chi connectivity index (χ1) is 15.5. The molecule has 0 spiro atoms. The van der Waals surface area contributed by atoms with Crippen LogP contribution in [0.25, 0.3) is 22.0 Å². The van der Waals surface area contributed by atoms with Crippen molar-refractivity contribution >= 4 is 22.5 Å². The van der Waals surface area contributed by atoms with Crippen molar-refractivity contribution < 1.29 is 9.90 Å². The molecule has 6 nitrogen and oxygen atoms in total.